The van der Waals surface area contributed by atoms with E-state index < -0.39 is 5.60 Å². The smallest absolute Gasteiger partial charge is 0.145 e. The van der Waals surface area contributed by atoms with E-state index in [1.807, 2.05) is 0 Å². The molecule has 49 heavy (non-hydrogen) atoms. The molecule has 1 aliphatic rings. The van der Waals surface area contributed by atoms with E-state index in [9.17, 15) is 0 Å². The first-order valence-electron chi connectivity index (χ1n) is 18.3. The molecule has 2 nitrogen and oxygen atoms in total. The number of para-hydroxylation sites is 1. The van der Waals surface area contributed by atoms with Gasteiger partial charge in [-0.3, -0.25) is 4.99 Å². The van der Waals surface area contributed by atoms with E-state index in [1.54, 1.807) is 0 Å². The van der Waals surface area contributed by atoms with Gasteiger partial charge in [0.25, 0.3) is 0 Å². The van der Waals surface area contributed by atoms with Crippen molar-refractivity contribution in [2.45, 2.75) is 97.2 Å². The maximum atomic E-state index is 7.75. The van der Waals surface area contributed by atoms with E-state index in [0.717, 1.165) is 29.8 Å². The summed E-state index contributed by atoms with van der Waals surface area (Å²) in [4.78, 5) is 5.82. The van der Waals surface area contributed by atoms with Gasteiger partial charge in [0, 0.05) is 17.0 Å². The van der Waals surface area contributed by atoms with Gasteiger partial charge in [-0.05, 0) is 70.4 Å². The van der Waals surface area contributed by atoms with Gasteiger partial charge in [-0.15, -0.1) is 0 Å². The molecular weight excluding hydrogens is 595 g/mol. The number of rotatable bonds is 12. The van der Waals surface area contributed by atoms with Gasteiger partial charge in [0.05, 0.1) is 17.5 Å². The van der Waals surface area contributed by atoms with Crippen molar-refractivity contribution < 1.29 is 4.74 Å². The van der Waals surface area contributed by atoms with Crippen LogP contribution in [-0.4, -0.2) is 11.8 Å². The van der Waals surface area contributed by atoms with Gasteiger partial charge < -0.3 is 4.74 Å². The molecule has 0 saturated heterocycles. The minimum Gasteiger partial charge on any atom is -0.352 e. The van der Waals surface area contributed by atoms with E-state index in [1.165, 1.54) is 38.9 Å². The Morgan fingerprint density at radius 3 is 1.63 bits per heavy atom. The lowest BCUT2D eigenvalue weighted by Gasteiger charge is -2.38. The van der Waals surface area contributed by atoms with Crippen molar-refractivity contribution >= 4 is 11.4 Å². The fourth-order valence-corrected chi connectivity index (χ4v) is 8.06. The molecule has 2 unspecified atom stereocenters. The molecule has 0 bridgehead atoms. The molecule has 1 aliphatic carbocycles. The van der Waals surface area contributed by atoms with Gasteiger partial charge in [-0.2, -0.15) is 0 Å². The van der Waals surface area contributed by atoms with E-state index in [4.69, 9.17) is 9.73 Å². The highest BCUT2D eigenvalue weighted by Crippen LogP contribution is 2.54. The Balaban J connectivity index is 1.57. The summed E-state index contributed by atoms with van der Waals surface area (Å²) in [5.41, 5.74) is 11.3. The average molecular weight is 648 g/mol. The minimum atomic E-state index is -0.777. The largest absolute Gasteiger partial charge is 0.352 e. The summed E-state index contributed by atoms with van der Waals surface area (Å²) in [5, 5.41) is 0. The Bertz CT molecular complexity index is 1830. The van der Waals surface area contributed by atoms with Crippen LogP contribution in [0.3, 0.4) is 0 Å². The van der Waals surface area contributed by atoms with Crippen LogP contribution in [0.4, 0.5) is 5.69 Å². The van der Waals surface area contributed by atoms with Crippen molar-refractivity contribution in [3.63, 3.8) is 0 Å². The van der Waals surface area contributed by atoms with Crippen molar-refractivity contribution in [1.82, 2.24) is 0 Å². The van der Waals surface area contributed by atoms with Gasteiger partial charge in [-0.1, -0.05) is 176 Å². The monoisotopic (exact) mass is 647 g/mol. The van der Waals surface area contributed by atoms with Crippen molar-refractivity contribution in [2.24, 2.45) is 10.9 Å². The molecule has 0 aliphatic heterocycles. The van der Waals surface area contributed by atoms with Crippen molar-refractivity contribution in [2.75, 3.05) is 0 Å². The molecular formula is C47H53NO. The Labute approximate surface area is 295 Å². The lowest BCUT2D eigenvalue weighted by molar-refractivity contribution is -0.00610. The third-order valence-electron chi connectivity index (χ3n) is 10.7. The molecule has 0 N–H and O–H groups in total. The molecule has 5 aromatic rings. The van der Waals surface area contributed by atoms with Gasteiger partial charge in [0.1, 0.15) is 5.60 Å². The summed E-state index contributed by atoms with van der Waals surface area (Å²) >= 11 is 0. The standard InChI is InChI=1S/C47H53NO/c1-9-35(31-46(7,8)36-21-12-10-13-22-36)44(48-45-38(32(2)3)27-20-28-39(45)33(4)5)34(6)49-47(37-23-14-11-15-24-37)42-29-18-16-25-40(42)41-26-17-19-30-43(41)47/h10-30,32-35H,9,31H2,1-8H3. The molecule has 2 heteroatoms. The molecule has 0 radical (unpaired) electrons. The highest BCUT2D eigenvalue weighted by atomic mass is 16.5. The van der Waals surface area contributed by atoms with Gasteiger partial charge in [-0.25, -0.2) is 0 Å². The van der Waals surface area contributed by atoms with Crippen LogP contribution < -0.4 is 0 Å². The zero-order valence-corrected chi connectivity index (χ0v) is 30.7. The van der Waals surface area contributed by atoms with Gasteiger partial charge >= 0.3 is 0 Å². The first kappa shape index (κ1) is 34.6. The van der Waals surface area contributed by atoms with Crippen molar-refractivity contribution in [3.8, 4) is 11.1 Å². The summed E-state index contributed by atoms with van der Waals surface area (Å²) in [7, 11) is 0. The molecule has 0 spiro atoms. The Kier molecular flexibility index (Phi) is 10.1. The first-order chi connectivity index (χ1) is 23.6. The van der Waals surface area contributed by atoms with Crippen molar-refractivity contribution in [3.05, 3.63) is 161 Å². The second kappa shape index (κ2) is 14.3. The van der Waals surface area contributed by atoms with Crippen LogP contribution in [0.2, 0.25) is 0 Å². The Hall–Kier alpha value is -4.27. The number of fused-ring (bicyclic) bond motifs is 3. The summed E-state index contributed by atoms with van der Waals surface area (Å²) < 4.78 is 7.75. The molecule has 252 valence electrons. The number of benzene rings is 5. The maximum absolute atomic E-state index is 7.75. The molecule has 0 heterocycles. The molecule has 0 aromatic heterocycles. The van der Waals surface area contributed by atoms with Crippen LogP contribution in [0.25, 0.3) is 11.1 Å². The Morgan fingerprint density at radius 1 is 0.633 bits per heavy atom. The van der Waals surface area contributed by atoms with Gasteiger partial charge in [0.15, 0.2) is 0 Å². The van der Waals surface area contributed by atoms with Crippen LogP contribution in [0, 0.1) is 5.92 Å². The summed E-state index contributed by atoms with van der Waals surface area (Å²) in [6.07, 6.45) is 1.65. The van der Waals surface area contributed by atoms with E-state index in [-0.39, 0.29) is 17.4 Å². The van der Waals surface area contributed by atoms with Crippen molar-refractivity contribution in [1.29, 1.82) is 0 Å². The Morgan fingerprint density at radius 2 is 1.12 bits per heavy atom. The predicted molar refractivity (Wildman–Crippen MR) is 208 cm³/mol. The van der Waals surface area contributed by atoms with Crippen LogP contribution >= 0.6 is 0 Å². The number of hydrogen-bond donors (Lipinski definition) is 0. The molecule has 0 fully saturated rings. The van der Waals surface area contributed by atoms with Gasteiger partial charge in [0.2, 0.25) is 0 Å². The zero-order chi connectivity index (χ0) is 34.8. The maximum Gasteiger partial charge on any atom is 0.145 e. The second-order valence-electron chi connectivity index (χ2n) is 15.1. The average Bonchev–Trinajstić information content (AvgIpc) is 3.40. The normalized spacial score (nSPS) is 15.3. The van der Waals surface area contributed by atoms with Crippen LogP contribution in [0.15, 0.2) is 132 Å². The lowest BCUT2D eigenvalue weighted by atomic mass is 9.74. The highest BCUT2D eigenvalue weighted by Gasteiger charge is 2.47. The number of nitrogens with zero attached hydrogens (tertiary/aromatic N) is 1. The van der Waals surface area contributed by atoms with E-state index >= 15 is 0 Å². The summed E-state index contributed by atoms with van der Waals surface area (Å²) in [5.74, 6) is 0.894. The van der Waals surface area contributed by atoms with Crippen LogP contribution in [-0.2, 0) is 15.8 Å². The third-order valence-corrected chi connectivity index (χ3v) is 10.7. The molecule has 6 rings (SSSR count). The third kappa shape index (κ3) is 6.56. The fraction of sp³-hybridized carbons (Fsp3) is 0.340. The van der Waals surface area contributed by atoms with E-state index in [0.29, 0.717) is 11.8 Å². The predicted octanol–water partition coefficient (Wildman–Crippen LogP) is 12.8. The van der Waals surface area contributed by atoms with E-state index in [2.05, 4.69) is 183 Å². The zero-order valence-electron chi connectivity index (χ0n) is 30.7. The summed E-state index contributed by atoms with van der Waals surface area (Å²) in [6.45, 7) is 18.5. The summed E-state index contributed by atoms with van der Waals surface area (Å²) in [6, 6.07) is 46.1. The lowest BCUT2D eigenvalue weighted by Crippen LogP contribution is -2.40. The minimum absolute atomic E-state index is 0.0510. The van der Waals surface area contributed by atoms with Crippen LogP contribution in [0.5, 0.6) is 0 Å². The molecule has 5 aromatic carbocycles. The van der Waals surface area contributed by atoms with Crippen LogP contribution in [0.1, 0.15) is 113 Å². The quantitative estimate of drug-likeness (QED) is 0.123. The fourth-order valence-electron chi connectivity index (χ4n) is 8.06. The number of ether oxygens (including phenoxy) is 1. The highest BCUT2D eigenvalue weighted by molar-refractivity contribution is 5.94. The molecule has 0 saturated carbocycles. The SMILES string of the molecule is CCC(CC(C)(C)c1ccccc1)C(=Nc1c(C(C)C)cccc1C(C)C)C(C)OC1(c2ccccc2)c2ccccc2-c2ccccc21. The molecule has 0 amide bonds. The first-order valence-corrected chi connectivity index (χ1v) is 18.3. The topological polar surface area (TPSA) is 21.6 Å². The second-order valence-corrected chi connectivity index (χ2v) is 15.1. The number of aliphatic imine (C=N–C) groups is 1. The molecule has 2 atom stereocenters. The number of hydrogen-bond acceptors (Lipinski definition) is 2.